The van der Waals surface area contributed by atoms with Gasteiger partial charge in [0.2, 0.25) is 0 Å². The fourth-order valence-corrected chi connectivity index (χ4v) is 2.11. The second-order valence-electron chi connectivity index (χ2n) is 4.23. The Morgan fingerprint density at radius 1 is 1.37 bits per heavy atom. The molecule has 2 N–H and O–H groups in total. The molecule has 0 aliphatic carbocycles. The van der Waals surface area contributed by atoms with Crippen LogP contribution < -0.4 is 5.56 Å². The standard InChI is InChI=1S/C12H11F3N2O2/c1-5-7(4-18)8(12(13,14)15)3-9-10(5)11(19)17-6(2)16-9/h3,18H,4H2,1-2H3,(H,16,17,19). The van der Waals surface area contributed by atoms with Crippen LogP contribution in [0.15, 0.2) is 10.9 Å². The van der Waals surface area contributed by atoms with Crippen LogP contribution in [0.5, 0.6) is 0 Å². The highest BCUT2D eigenvalue weighted by Crippen LogP contribution is 2.35. The number of aliphatic hydroxyl groups is 1. The second-order valence-corrected chi connectivity index (χ2v) is 4.23. The molecule has 0 saturated heterocycles. The van der Waals surface area contributed by atoms with Gasteiger partial charge in [0.1, 0.15) is 5.82 Å². The Balaban J connectivity index is 2.98. The molecular weight excluding hydrogens is 261 g/mol. The third kappa shape index (κ3) is 2.21. The van der Waals surface area contributed by atoms with Crippen molar-refractivity contribution in [2.45, 2.75) is 26.6 Å². The molecule has 0 spiro atoms. The molecule has 1 aromatic carbocycles. The Hall–Kier alpha value is -1.89. The molecule has 2 aromatic rings. The molecule has 19 heavy (non-hydrogen) atoms. The lowest BCUT2D eigenvalue weighted by Crippen LogP contribution is -2.16. The first kappa shape index (κ1) is 13.5. The molecule has 0 radical (unpaired) electrons. The molecule has 7 heteroatoms. The molecule has 1 heterocycles. The molecule has 0 unspecified atom stereocenters. The van der Waals surface area contributed by atoms with Crippen molar-refractivity contribution >= 4 is 10.9 Å². The molecule has 2 rings (SSSR count). The van der Waals surface area contributed by atoms with Crippen molar-refractivity contribution in [3.8, 4) is 0 Å². The van der Waals surface area contributed by atoms with Gasteiger partial charge >= 0.3 is 6.18 Å². The molecule has 4 nitrogen and oxygen atoms in total. The van der Waals surface area contributed by atoms with Crippen LogP contribution in [0.1, 0.15) is 22.5 Å². The largest absolute Gasteiger partial charge is 0.416 e. The summed E-state index contributed by atoms with van der Waals surface area (Å²) in [5, 5.41) is 9.21. The van der Waals surface area contributed by atoms with E-state index in [4.69, 9.17) is 5.11 Å². The molecule has 0 amide bonds. The van der Waals surface area contributed by atoms with E-state index in [9.17, 15) is 18.0 Å². The van der Waals surface area contributed by atoms with Crippen molar-refractivity contribution in [1.82, 2.24) is 9.97 Å². The zero-order valence-corrected chi connectivity index (χ0v) is 10.2. The van der Waals surface area contributed by atoms with E-state index in [1.54, 1.807) is 0 Å². The number of aliphatic hydroxyl groups excluding tert-OH is 1. The van der Waals surface area contributed by atoms with Gasteiger partial charge in [0, 0.05) is 0 Å². The predicted molar refractivity (Wildman–Crippen MR) is 62.8 cm³/mol. The lowest BCUT2D eigenvalue weighted by atomic mass is 9.98. The van der Waals surface area contributed by atoms with E-state index in [-0.39, 0.29) is 27.9 Å². The summed E-state index contributed by atoms with van der Waals surface area (Å²) >= 11 is 0. The highest BCUT2D eigenvalue weighted by atomic mass is 19.4. The smallest absolute Gasteiger partial charge is 0.392 e. The number of rotatable bonds is 1. The number of aryl methyl sites for hydroxylation is 2. The molecule has 1 aromatic heterocycles. The highest BCUT2D eigenvalue weighted by molar-refractivity contribution is 5.83. The number of hydrogen-bond acceptors (Lipinski definition) is 3. The van der Waals surface area contributed by atoms with Gasteiger partial charge in [0.15, 0.2) is 0 Å². The van der Waals surface area contributed by atoms with Gasteiger partial charge in [-0.1, -0.05) is 0 Å². The molecule has 0 atom stereocenters. The van der Waals surface area contributed by atoms with Crippen molar-refractivity contribution in [1.29, 1.82) is 0 Å². The van der Waals surface area contributed by atoms with Gasteiger partial charge in [0.05, 0.1) is 23.1 Å². The molecule has 102 valence electrons. The maximum atomic E-state index is 12.9. The van der Waals surface area contributed by atoms with Crippen molar-refractivity contribution in [3.05, 3.63) is 38.9 Å². The summed E-state index contributed by atoms with van der Waals surface area (Å²) in [5.74, 6) is 0.238. The van der Waals surface area contributed by atoms with Crippen molar-refractivity contribution in [3.63, 3.8) is 0 Å². The maximum absolute atomic E-state index is 12.9. The van der Waals surface area contributed by atoms with Gasteiger partial charge in [-0.25, -0.2) is 4.98 Å². The fraction of sp³-hybridized carbons (Fsp3) is 0.333. The number of fused-ring (bicyclic) bond motifs is 1. The van der Waals surface area contributed by atoms with Crippen LogP contribution in [-0.2, 0) is 12.8 Å². The molecule has 0 saturated carbocycles. The Kier molecular flexibility index (Phi) is 3.09. The molecule has 0 aliphatic heterocycles. The summed E-state index contributed by atoms with van der Waals surface area (Å²) in [4.78, 5) is 18.1. The van der Waals surface area contributed by atoms with E-state index in [0.717, 1.165) is 6.07 Å². The van der Waals surface area contributed by atoms with Gasteiger partial charge in [-0.3, -0.25) is 4.79 Å². The normalized spacial score (nSPS) is 12.1. The summed E-state index contributed by atoms with van der Waals surface area (Å²) in [7, 11) is 0. The van der Waals surface area contributed by atoms with E-state index >= 15 is 0 Å². The van der Waals surface area contributed by atoms with Crippen LogP contribution in [0.25, 0.3) is 10.9 Å². The van der Waals surface area contributed by atoms with Gasteiger partial charge in [0.25, 0.3) is 5.56 Å². The van der Waals surface area contributed by atoms with Crippen molar-refractivity contribution in [2.75, 3.05) is 0 Å². The monoisotopic (exact) mass is 272 g/mol. The third-order valence-electron chi connectivity index (χ3n) is 2.96. The Morgan fingerprint density at radius 2 is 2.00 bits per heavy atom. The molecule has 0 bridgehead atoms. The average molecular weight is 272 g/mol. The lowest BCUT2D eigenvalue weighted by molar-refractivity contribution is -0.138. The van der Waals surface area contributed by atoms with Gasteiger partial charge in [-0.15, -0.1) is 0 Å². The molecule has 0 aliphatic rings. The van der Waals surface area contributed by atoms with Gasteiger partial charge in [-0.05, 0) is 31.0 Å². The summed E-state index contributed by atoms with van der Waals surface area (Å²) in [6.45, 7) is 2.07. The predicted octanol–water partition coefficient (Wildman–Crippen LogP) is 2.05. The number of hydrogen-bond donors (Lipinski definition) is 2. The summed E-state index contributed by atoms with van der Waals surface area (Å²) < 4.78 is 38.8. The summed E-state index contributed by atoms with van der Waals surface area (Å²) in [6, 6.07) is 0.802. The summed E-state index contributed by atoms with van der Waals surface area (Å²) in [5.41, 5.74) is -1.69. The van der Waals surface area contributed by atoms with Crippen molar-refractivity contribution in [2.24, 2.45) is 0 Å². The van der Waals surface area contributed by atoms with Crippen LogP contribution >= 0.6 is 0 Å². The van der Waals surface area contributed by atoms with E-state index in [0.29, 0.717) is 0 Å². The molecular formula is C12H11F3N2O2. The number of aromatic nitrogens is 2. The number of alkyl halides is 3. The minimum Gasteiger partial charge on any atom is -0.392 e. The first-order valence-corrected chi connectivity index (χ1v) is 5.47. The average Bonchev–Trinajstić information content (AvgIpc) is 2.26. The quantitative estimate of drug-likeness (QED) is 0.835. The van der Waals surface area contributed by atoms with E-state index in [1.165, 1.54) is 13.8 Å². The lowest BCUT2D eigenvalue weighted by Gasteiger charge is -2.15. The van der Waals surface area contributed by atoms with Gasteiger partial charge in [-0.2, -0.15) is 13.2 Å². The van der Waals surface area contributed by atoms with Crippen LogP contribution in [0.3, 0.4) is 0 Å². The summed E-state index contributed by atoms with van der Waals surface area (Å²) in [6.07, 6.45) is -4.60. The van der Waals surface area contributed by atoms with Crippen LogP contribution in [-0.4, -0.2) is 15.1 Å². The number of nitrogens with one attached hydrogen (secondary N) is 1. The second kappa shape index (κ2) is 4.34. The minimum absolute atomic E-state index is 0.0247. The number of H-pyrrole nitrogens is 1. The maximum Gasteiger partial charge on any atom is 0.416 e. The number of benzene rings is 1. The number of halogens is 3. The number of aromatic amines is 1. The molecule has 0 fully saturated rings. The highest BCUT2D eigenvalue weighted by Gasteiger charge is 2.35. The first-order chi connectivity index (χ1) is 8.75. The third-order valence-corrected chi connectivity index (χ3v) is 2.96. The van der Waals surface area contributed by atoms with E-state index < -0.39 is 23.9 Å². The zero-order valence-electron chi connectivity index (χ0n) is 10.2. The Morgan fingerprint density at radius 3 is 2.53 bits per heavy atom. The van der Waals surface area contributed by atoms with Crippen molar-refractivity contribution < 1.29 is 18.3 Å². The zero-order chi connectivity index (χ0) is 14.4. The van der Waals surface area contributed by atoms with Gasteiger partial charge < -0.3 is 10.1 Å². The SMILES string of the molecule is Cc1nc2cc(C(F)(F)F)c(CO)c(C)c2c(=O)[nH]1. The van der Waals surface area contributed by atoms with E-state index in [2.05, 4.69) is 9.97 Å². The van der Waals surface area contributed by atoms with Crippen LogP contribution in [0, 0.1) is 13.8 Å². The van der Waals surface area contributed by atoms with Crippen LogP contribution in [0.2, 0.25) is 0 Å². The fourth-order valence-electron chi connectivity index (χ4n) is 2.11. The van der Waals surface area contributed by atoms with E-state index in [1.807, 2.05) is 0 Å². The Labute approximate surface area is 105 Å². The first-order valence-electron chi connectivity index (χ1n) is 5.47. The number of nitrogens with zero attached hydrogens (tertiary/aromatic N) is 1. The topological polar surface area (TPSA) is 66.0 Å². The Bertz CT molecular complexity index is 705. The minimum atomic E-state index is -4.60. The van der Waals surface area contributed by atoms with Crippen LogP contribution in [0.4, 0.5) is 13.2 Å².